The number of carbonyl (C=O) groups is 2. The molecule has 2 N–H and O–H groups in total. The fraction of sp³-hybridized carbons (Fsp3) is 0.500. The van der Waals surface area contributed by atoms with E-state index in [9.17, 15) is 9.59 Å². The van der Waals surface area contributed by atoms with Crippen molar-refractivity contribution in [1.29, 1.82) is 0 Å². The van der Waals surface area contributed by atoms with Gasteiger partial charge >= 0.3 is 6.03 Å². The van der Waals surface area contributed by atoms with Crippen LogP contribution in [-0.4, -0.2) is 18.5 Å². The molecule has 0 bridgehead atoms. The quantitative estimate of drug-likeness (QED) is 0.784. The Balaban J connectivity index is 2.30. The van der Waals surface area contributed by atoms with Crippen molar-refractivity contribution in [3.8, 4) is 0 Å². The molecule has 1 heterocycles. The number of imide groups is 1. The lowest BCUT2D eigenvalue weighted by molar-refractivity contribution is -0.684. The third kappa shape index (κ3) is 6.55. The highest BCUT2D eigenvalue weighted by molar-refractivity contribution is 5.93. The Bertz CT molecular complexity index is 427. The first kappa shape index (κ1) is 15.1. The predicted molar refractivity (Wildman–Crippen MR) is 72.4 cm³/mol. The van der Waals surface area contributed by atoms with E-state index in [0.717, 1.165) is 12.0 Å². The summed E-state index contributed by atoms with van der Waals surface area (Å²) < 4.78 is 1.73. The maximum absolute atomic E-state index is 11.6. The summed E-state index contributed by atoms with van der Waals surface area (Å²) in [6.45, 7) is 6.86. The lowest BCUT2D eigenvalue weighted by Gasteiger charge is -2.07. The van der Waals surface area contributed by atoms with Gasteiger partial charge < -0.3 is 5.32 Å². The fourth-order valence-electron chi connectivity index (χ4n) is 1.49. The summed E-state index contributed by atoms with van der Waals surface area (Å²) in [6, 6.07) is 3.39. The van der Waals surface area contributed by atoms with Crippen molar-refractivity contribution in [2.24, 2.45) is 5.92 Å². The van der Waals surface area contributed by atoms with Crippen molar-refractivity contribution in [3.63, 3.8) is 0 Å². The van der Waals surface area contributed by atoms with Gasteiger partial charge in [-0.05, 0) is 24.8 Å². The van der Waals surface area contributed by atoms with Crippen molar-refractivity contribution in [1.82, 2.24) is 10.6 Å². The molecule has 0 fully saturated rings. The third-order valence-electron chi connectivity index (χ3n) is 2.64. The summed E-state index contributed by atoms with van der Waals surface area (Å²) in [6.07, 6.45) is 4.52. The number of nitrogens with one attached hydrogen (secondary N) is 2. The molecule has 0 saturated carbocycles. The molecule has 0 aliphatic rings. The van der Waals surface area contributed by atoms with E-state index >= 15 is 0 Å². The van der Waals surface area contributed by atoms with Gasteiger partial charge in [-0.1, -0.05) is 13.8 Å². The van der Waals surface area contributed by atoms with Crippen LogP contribution < -0.4 is 15.2 Å². The molecule has 0 atom stereocenters. The smallest absolute Gasteiger partial charge is 0.321 e. The van der Waals surface area contributed by atoms with Crippen LogP contribution in [0.5, 0.6) is 0 Å². The van der Waals surface area contributed by atoms with Crippen LogP contribution in [0.25, 0.3) is 0 Å². The Morgan fingerprint density at radius 1 is 1.26 bits per heavy atom. The Labute approximate surface area is 114 Å². The summed E-state index contributed by atoms with van der Waals surface area (Å²) >= 11 is 0. The van der Waals surface area contributed by atoms with Gasteiger partial charge in [0.15, 0.2) is 12.4 Å². The topological polar surface area (TPSA) is 62.1 Å². The van der Waals surface area contributed by atoms with Gasteiger partial charge in [0.2, 0.25) is 6.54 Å². The number of hydrogen-bond donors (Lipinski definition) is 2. The molecule has 0 unspecified atom stereocenters. The second-order valence-corrected chi connectivity index (χ2v) is 5.03. The van der Waals surface area contributed by atoms with E-state index in [1.807, 2.05) is 31.5 Å². The molecule has 0 aliphatic carbocycles. The van der Waals surface area contributed by atoms with Crippen LogP contribution in [0.4, 0.5) is 4.79 Å². The van der Waals surface area contributed by atoms with Crippen molar-refractivity contribution >= 4 is 11.9 Å². The van der Waals surface area contributed by atoms with Gasteiger partial charge in [-0.2, -0.15) is 4.57 Å². The zero-order valence-electron chi connectivity index (χ0n) is 11.8. The minimum Gasteiger partial charge on any atom is -0.338 e. The first-order chi connectivity index (χ1) is 8.97. The van der Waals surface area contributed by atoms with Gasteiger partial charge in [-0.3, -0.25) is 10.1 Å². The molecule has 0 spiro atoms. The van der Waals surface area contributed by atoms with Crippen LogP contribution in [-0.2, 0) is 11.3 Å². The van der Waals surface area contributed by atoms with E-state index in [1.165, 1.54) is 0 Å². The minimum atomic E-state index is -0.432. The summed E-state index contributed by atoms with van der Waals surface area (Å²) in [4.78, 5) is 23.0. The van der Waals surface area contributed by atoms with Gasteiger partial charge in [0.1, 0.15) is 0 Å². The number of carbonyl (C=O) groups excluding carboxylic acids is 2. The van der Waals surface area contributed by atoms with Gasteiger partial charge in [0.05, 0.1) is 0 Å². The van der Waals surface area contributed by atoms with Crippen LogP contribution in [0.1, 0.15) is 25.8 Å². The Morgan fingerprint density at radius 3 is 2.47 bits per heavy atom. The van der Waals surface area contributed by atoms with Crippen molar-refractivity contribution < 1.29 is 14.2 Å². The molecule has 0 aliphatic heterocycles. The van der Waals surface area contributed by atoms with Crippen LogP contribution in [0.2, 0.25) is 0 Å². The van der Waals surface area contributed by atoms with Crippen molar-refractivity contribution in [2.75, 3.05) is 6.54 Å². The largest absolute Gasteiger partial charge is 0.338 e. The number of hydrogen-bond acceptors (Lipinski definition) is 2. The monoisotopic (exact) mass is 264 g/mol. The first-order valence-corrected chi connectivity index (χ1v) is 6.50. The highest BCUT2D eigenvalue weighted by Crippen LogP contribution is 1.95. The molecule has 19 heavy (non-hydrogen) atoms. The Hall–Kier alpha value is -1.91. The molecule has 1 rings (SSSR count). The summed E-state index contributed by atoms with van der Waals surface area (Å²) in [7, 11) is 0. The molecule has 5 nitrogen and oxygen atoms in total. The van der Waals surface area contributed by atoms with E-state index in [-0.39, 0.29) is 12.5 Å². The number of aromatic nitrogens is 1. The van der Waals surface area contributed by atoms with Gasteiger partial charge in [0, 0.05) is 18.7 Å². The summed E-state index contributed by atoms with van der Waals surface area (Å²) in [5.74, 6) is 0.204. The van der Waals surface area contributed by atoms with Crippen molar-refractivity contribution in [2.45, 2.75) is 33.7 Å². The maximum Gasteiger partial charge on any atom is 0.321 e. The standard InChI is InChI=1S/C14H21N3O2/c1-11(2)4-7-15-14(19)16-13(18)10-17-8-5-12(3)6-9-17/h5-6,8-9,11H,4,7,10H2,1-3H3,(H-,15,16,18,19)/p+1. The van der Waals surface area contributed by atoms with Gasteiger partial charge in [0.25, 0.3) is 5.91 Å². The van der Waals surface area contributed by atoms with E-state index in [0.29, 0.717) is 12.5 Å². The molecule has 3 amide bonds. The fourth-order valence-corrected chi connectivity index (χ4v) is 1.49. The number of amides is 3. The van der Waals surface area contributed by atoms with E-state index in [4.69, 9.17) is 0 Å². The van der Waals surface area contributed by atoms with Gasteiger partial charge in [-0.15, -0.1) is 0 Å². The third-order valence-corrected chi connectivity index (χ3v) is 2.64. The van der Waals surface area contributed by atoms with Gasteiger partial charge in [-0.25, -0.2) is 4.79 Å². The number of pyridine rings is 1. The van der Waals surface area contributed by atoms with E-state index in [1.54, 1.807) is 4.57 Å². The first-order valence-electron chi connectivity index (χ1n) is 6.50. The lowest BCUT2D eigenvalue weighted by atomic mass is 10.1. The second-order valence-electron chi connectivity index (χ2n) is 5.03. The number of urea groups is 1. The van der Waals surface area contributed by atoms with Crippen LogP contribution >= 0.6 is 0 Å². The van der Waals surface area contributed by atoms with Crippen LogP contribution in [0.15, 0.2) is 24.5 Å². The molecule has 104 valence electrons. The average molecular weight is 264 g/mol. The number of nitrogens with zero attached hydrogens (tertiary/aromatic N) is 1. The highest BCUT2D eigenvalue weighted by Gasteiger charge is 2.12. The Morgan fingerprint density at radius 2 is 1.89 bits per heavy atom. The minimum absolute atomic E-state index is 0.137. The molecule has 0 aromatic carbocycles. The molecule has 0 saturated heterocycles. The zero-order chi connectivity index (χ0) is 14.3. The predicted octanol–water partition coefficient (Wildman–Crippen LogP) is 1.15. The molecule has 5 heteroatoms. The van der Waals surface area contributed by atoms with E-state index < -0.39 is 6.03 Å². The molecule has 1 aromatic heterocycles. The molecule has 1 aromatic rings. The second kappa shape index (κ2) is 7.51. The Kier molecular flexibility index (Phi) is 5.99. The van der Waals surface area contributed by atoms with Crippen LogP contribution in [0.3, 0.4) is 0 Å². The average Bonchev–Trinajstić information content (AvgIpc) is 2.31. The highest BCUT2D eigenvalue weighted by atomic mass is 16.2. The molecular weight excluding hydrogens is 242 g/mol. The van der Waals surface area contributed by atoms with Crippen molar-refractivity contribution in [3.05, 3.63) is 30.1 Å². The molecule has 0 radical (unpaired) electrons. The van der Waals surface area contributed by atoms with Crippen LogP contribution in [0, 0.1) is 12.8 Å². The summed E-state index contributed by atoms with van der Waals surface area (Å²) in [5, 5.41) is 4.97. The lowest BCUT2D eigenvalue weighted by Crippen LogP contribution is -2.47. The maximum atomic E-state index is 11.6. The van der Waals surface area contributed by atoms with E-state index in [2.05, 4.69) is 24.5 Å². The summed E-state index contributed by atoms with van der Waals surface area (Å²) in [5.41, 5.74) is 1.13. The number of rotatable bonds is 5. The zero-order valence-corrected chi connectivity index (χ0v) is 11.8. The SMILES string of the molecule is Cc1cc[n+](CC(=O)NC(=O)NCCC(C)C)cc1. The normalized spacial score (nSPS) is 10.3. The number of aryl methyl sites for hydroxylation is 1. The molecular formula is C14H22N3O2+.